The molecule has 1 N–H and O–H groups in total. The molecule has 1 aliphatic heterocycles. The molecule has 2 heterocycles. The van der Waals surface area contributed by atoms with Crippen LogP contribution in [0.2, 0.25) is 0 Å². The SMILES string of the molecule is CCCCNC(=O)c1cc(N2CCCC(C)C2)ccn1. The van der Waals surface area contributed by atoms with Crippen LogP contribution in [-0.4, -0.2) is 30.5 Å². The molecule has 1 atom stereocenters. The number of unbranched alkanes of at least 4 members (excludes halogenated alkanes) is 1. The van der Waals surface area contributed by atoms with Crippen LogP contribution in [0.3, 0.4) is 0 Å². The highest BCUT2D eigenvalue weighted by atomic mass is 16.1. The van der Waals surface area contributed by atoms with E-state index in [1.807, 2.05) is 12.1 Å². The second kappa shape index (κ2) is 7.27. The quantitative estimate of drug-likeness (QED) is 0.840. The van der Waals surface area contributed by atoms with Gasteiger partial charge in [-0.05, 0) is 37.3 Å². The smallest absolute Gasteiger partial charge is 0.269 e. The molecule has 1 aromatic rings. The van der Waals surface area contributed by atoms with Gasteiger partial charge in [-0.15, -0.1) is 0 Å². The van der Waals surface area contributed by atoms with Gasteiger partial charge in [0.2, 0.25) is 0 Å². The summed E-state index contributed by atoms with van der Waals surface area (Å²) in [5, 5.41) is 2.92. The molecule has 0 saturated carbocycles. The van der Waals surface area contributed by atoms with Gasteiger partial charge in [0.25, 0.3) is 5.91 Å². The number of amides is 1. The summed E-state index contributed by atoms with van der Waals surface area (Å²) >= 11 is 0. The molecule has 1 saturated heterocycles. The Morgan fingerprint density at radius 3 is 3.15 bits per heavy atom. The second-order valence-electron chi connectivity index (χ2n) is 5.70. The van der Waals surface area contributed by atoms with E-state index in [9.17, 15) is 4.79 Å². The van der Waals surface area contributed by atoms with Gasteiger partial charge in [0, 0.05) is 31.5 Å². The zero-order chi connectivity index (χ0) is 14.4. The Morgan fingerprint density at radius 1 is 1.55 bits per heavy atom. The summed E-state index contributed by atoms with van der Waals surface area (Å²) in [7, 11) is 0. The molecule has 0 aliphatic carbocycles. The van der Waals surface area contributed by atoms with E-state index >= 15 is 0 Å². The first kappa shape index (κ1) is 14.8. The molecule has 0 bridgehead atoms. The van der Waals surface area contributed by atoms with Crippen molar-refractivity contribution in [3.8, 4) is 0 Å². The Morgan fingerprint density at radius 2 is 2.40 bits per heavy atom. The minimum atomic E-state index is -0.0645. The highest BCUT2D eigenvalue weighted by Crippen LogP contribution is 2.22. The van der Waals surface area contributed by atoms with Crippen LogP contribution in [0, 0.1) is 5.92 Å². The summed E-state index contributed by atoms with van der Waals surface area (Å²) in [6.45, 7) is 7.27. The monoisotopic (exact) mass is 275 g/mol. The topological polar surface area (TPSA) is 45.2 Å². The zero-order valence-electron chi connectivity index (χ0n) is 12.6. The number of pyridine rings is 1. The number of carbonyl (C=O) groups excluding carboxylic acids is 1. The maximum Gasteiger partial charge on any atom is 0.269 e. The van der Waals surface area contributed by atoms with Crippen LogP contribution in [0.25, 0.3) is 0 Å². The van der Waals surface area contributed by atoms with Gasteiger partial charge in [-0.25, -0.2) is 0 Å². The Hall–Kier alpha value is -1.58. The number of nitrogens with one attached hydrogen (secondary N) is 1. The van der Waals surface area contributed by atoms with E-state index in [1.54, 1.807) is 6.20 Å². The number of hydrogen-bond donors (Lipinski definition) is 1. The molecule has 1 unspecified atom stereocenters. The number of carbonyl (C=O) groups is 1. The maximum atomic E-state index is 12.0. The van der Waals surface area contributed by atoms with E-state index in [2.05, 4.69) is 29.0 Å². The van der Waals surface area contributed by atoms with Crippen molar-refractivity contribution in [2.24, 2.45) is 5.92 Å². The van der Waals surface area contributed by atoms with Gasteiger partial charge in [0.15, 0.2) is 0 Å². The molecule has 1 amide bonds. The molecule has 4 heteroatoms. The Balaban J connectivity index is 2.01. The number of piperidine rings is 1. The third-order valence-electron chi connectivity index (χ3n) is 3.81. The van der Waals surface area contributed by atoms with E-state index < -0.39 is 0 Å². The first-order valence-electron chi connectivity index (χ1n) is 7.70. The summed E-state index contributed by atoms with van der Waals surface area (Å²) in [6.07, 6.45) is 6.35. The molecule has 110 valence electrons. The second-order valence-corrected chi connectivity index (χ2v) is 5.70. The van der Waals surface area contributed by atoms with Crippen molar-refractivity contribution in [1.82, 2.24) is 10.3 Å². The zero-order valence-corrected chi connectivity index (χ0v) is 12.6. The van der Waals surface area contributed by atoms with Crippen molar-refractivity contribution in [2.75, 3.05) is 24.5 Å². The minimum Gasteiger partial charge on any atom is -0.371 e. The van der Waals surface area contributed by atoms with Crippen LogP contribution in [0.4, 0.5) is 5.69 Å². The van der Waals surface area contributed by atoms with Gasteiger partial charge in [-0.3, -0.25) is 9.78 Å². The van der Waals surface area contributed by atoms with Crippen LogP contribution >= 0.6 is 0 Å². The molecule has 20 heavy (non-hydrogen) atoms. The molecule has 0 radical (unpaired) electrons. The number of rotatable bonds is 5. The van der Waals surface area contributed by atoms with Crippen molar-refractivity contribution in [3.05, 3.63) is 24.0 Å². The predicted octanol–water partition coefficient (Wildman–Crippen LogP) is 2.85. The van der Waals surface area contributed by atoms with Crippen molar-refractivity contribution >= 4 is 11.6 Å². The summed E-state index contributed by atoms with van der Waals surface area (Å²) in [5.41, 5.74) is 1.64. The maximum absolute atomic E-state index is 12.0. The largest absolute Gasteiger partial charge is 0.371 e. The van der Waals surface area contributed by atoms with Crippen LogP contribution in [-0.2, 0) is 0 Å². The van der Waals surface area contributed by atoms with Crippen molar-refractivity contribution in [1.29, 1.82) is 0 Å². The van der Waals surface area contributed by atoms with E-state index in [-0.39, 0.29) is 5.91 Å². The van der Waals surface area contributed by atoms with Crippen molar-refractivity contribution in [3.63, 3.8) is 0 Å². The predicted molar refractivity (Wildman–Crippen MR) is 82.1 cm³/mol. The van der Waals surface area contributed by atoms with Gasteiger partial charge in [-0.2, -0.15) is 0 Å². The average Bonchev–Trinajstić information content (AvgIpc) is 2.47. The summed E-state index contributed by atoms with van der Waals surface area (Å²) in [4.78, 5) is 18.6. The Kier molecular flexibility index (Phi) is 5.39. The number of aromatic nitrogens is 1. The Bertz CT molecular complexity index is 447. The average molecular weight is 275 g/mol. The fourth-order valence-electron chi connectivity index (χ4n) is 2.63. The first-order chi connectivity index (χ1) is 9.70. The Labute approximate surface area is 121 Å². The van der Waals surface area contributed by atoms with E-state index in [0.29, 0.717) is 5.69 Å². The minimum absolute atomic E-state index is 0.0645. The van der Waals surface area contributed by atoms with Gasteiger partial charge in [-0.1, -0.05) is 20.3 Å². The normalized spacial score (nSPS) is 18.9. The van der Waals surface area contributed by atoms with Gasteiger partial charge < -0.3 is 10.2 Å². The standard InChI is InChI=1S/C16H25N3O/c1-3-4-8-18-16(20)15-11-14(7-9-17-15)19-10-5-6-13(2)12-19/h7,9,11,13H,3-6,8,10,12H2,1-2H3,(H,18,20). The number of nitrogens with zero attached hydrogens (tertiary/aromatic N) is 2. The fraction of sp³-hybridized carbons (Fsp3) is 0.625. The number of hydrogen-bond acceptors (Lipinski definition) is 3. The third kappa shape index (κ3) is 3.95. The molecule has 0 spiro atoms. The van der Waals surface area contributed by atoms with Crippen molar-refractivity contribution in [2.45, 2.75) is 39.5 Å². The fourth-order valence-corrected chi connectivity index (χ4v) is 2.63. The highest BCUT2D eigenvalue weighted by molar-refractivity contribution is 5.93. The lowest BCUT2D eigenvalue weighted by Gasteiger charge is -2.32. The van der Waals surface area contributed by atoms with Gasteiger partial charge in [0.05, 0.1) is 0 Å². The lowest BCUT2D eigenvalue weighted by molar-refractivity contribution is 0.0948. The molecule has 4 nitrogen and oxygen atoms in total. The highest BCUT2D eigenvalue weighted by Gasteiger charge is 2.17. The van der Waals surface area contributed by atoms with Gasteiger partial charge in [0.1, 0.15) is 5.69 Å². The molecule has 1 fully saturated rings. The third-order valence-corrected chi connectivity index (χ3v) is 3.81. The van der Waals surface area contributed by atoms with Crippen LogP contribution in [0.5, 0.6) is 0 Å². The molecule has 1 aliphatic rings. The van der Waals surface area contributed by atoms with Crippen LogP contribution in [0.1, 0.15) is 50.0 Å². The molecular weight excluding hydrogens is 250 g/mol. The van der Waals surface area contributed by atoms with E-state index in [1.165, 1.54) is 12.8 Å². The molecule has 2 rings (SSSR count). The van der Waals surface area contributed by atoms with Crippen LogP contribution in [0.15, 0.2) is 18.3 Å². The first-order valence-corrected chi connectivity index (χ1v) is 7.70. The lowest BCUT2D eigenvalue weighted by atomic mass is 10.00. The van der Waals surface area contributed by atoms with Crippen molar-refractivity contribution < 1.29 is 4.79 Å². The van der Waals surface area contributed by atoms with E-state index in [4.69, 9.17) is 0 Å². The lowest BCUT2D eigenvalue weighted by Crippen LogP contribution is -2.34. The summed E-state index contributed by atoms with van der Waals surface area (Å²) < 4.78 is 0. The summed E-state index contributed by atoms with van der Waals surface area (Å²) in [5.74, 6) is 0.657. The molecule has 1 aromatic heterocycles. The van der Waals surface area contributed by atoms with E-state index in [0.717, 1.165) is 44.1 Å². The van der Waals surface area contributed by atoms with Crippen LogP contribution < -0.4 is 10.2 Å². The molecule has 0 aromatic carbocycles. The summed E-state index contributed by atoms with van der Waals surface area (Å²) in [6, 6.07) is 3.92. The molecular formula is C16H25N3O. The number of anilines is 1. The van der Waals surface area contributed by atoms with Gasteiger partial charge >= 0.3 is 0 Å².